The molecule has 0 amide bonds. The maximum Gasteiger partial charge on any atom is 0.377 e. The zero-order chi connectivity index (χ0) is 22.3. The molecule has 9 nitrogen and oxygen atoms in total. The molecular weight excluding hydrogens is 394 g/mol. The third-order valence-corrected chi connectivity index (χ3v) is 3.88. The number of ether oxygens (including phenoxy) is 1. The Balaban J connectivity index is 2.43. The van der Waals surface area contributed by atoms with E-state index in [0.717, 1.165) is 18.2 Å². The first kappa shape index (κ1) is 22.2. The first-order valence-electron chi connectivity index (χ1n) is 8.59. The minimum absolute atomic E-state index is 0.0848. The van der Waals surface area contributed by atoms with Crippen molar-refractivity contribution < 1.29 is 38.9 Å². The largest absolute Gasteiger partial charge is 0.492 e. The van der Waals surface area contributed by atoms with Gasteiger partial charge in [0.05, 0.1) is 0 Å². The third-order valence-electron chi connectivity index (χ3n) is 3.88. The zero-order valence-corrected chi connectivity index (χ0v) is 15.5. The number of hydrogen-bond donors (Lipinski definition) is 3. The summed E-state index contributed by atoms with van der Waals surface area (Å²) in [5, 5.41) is 18.0. The molecule has 0 heterocycles. The Bertz CT molecular complexity index is 1050. The Hall–Kier alpha value is -4.11. The first-order valence-corrected chi connectivity index (χ1v) is 8.59. The Kier molecular flexibility index (Phi) is 7.32. The van der Waals surface area contributed by atoms with Crippen molar-refractivity contribution in [1.82, 2.24) is 0 Å². The van der Waals surface area contributed by atoms with Crippen molar-refractivity contribution >= 4 is 35.4 Å². The van der Waals surface area contributed by atoms with Crippen molar-refractivity contribution in [1.29, 1.82) is 0 Å². The molecule has 4 N–H and O–H groups in total. The third kappa shape index (κ3) is 5.24. The van der Waals surface area contributed by atoms with Crippen LogP contribution in [0.4, 0.5) is 0 Å². The monoisotopic (exact) mass is 411 g/mol. The van der Waals surface area contributed by atoms with Gasteiger partial charge < -0.3 is 20.7 Å². The van der Waals surface area contributed by atoms with Crippen molar-refractivity contribution in [2.45, 2.75) is 0 Å². The van der Waals surface area contributed by atoms with Gasteiger partial charge in [-0.1, -0.05) is 30.3 Å². The van der Waals surface area contributed by atoms with Gasteiger partial charge in [-0.25, -0.2) is 9.59 Å². The molecule has 2 rings (SSSR count). The first-order chi connectivity index (χ1) is 14.3. The van der Waals surface area contributed by atoms with Crippen LogP contribution in [-0.4, -0.2) is 52.7 Å². The Morgan fingerprint density at radius 2 is 1.60 bits per heavy atom. The number of ketones is 3. The highest BCUT2D eigenvalue weighted by molar-refractivity contribution is 6.47. The molecule has 0 atom stereocenters. The quantitative estimate of drug-likeness (QED) is 0.298. The van der Waals surface area contributed by atoms with Gasteiger partial charge in [-0.05, 0) is 29.8 Å². The lowest BCUT2D eigenvalue weighted by Gasteiger charge is -2.08. The van der Waals surface area contributed by atoms with Gasteiger partial charge in [0.25, 0.3) is 11.6 Å². The molecule has 0 aliphatic rings. The summed E-state index contributed by atoms with van der Waals surface area (Å²) in [5.74, 6) is -6.69. The van der Waals surface area contributed by atoms with E-state index in [4.69, 9.17) is 20.7 Å². The number of carboxylic acid groups (broad SMARTS) is 2. The summed E-state index contributed by atoms with van der Waals surface area (Å²) in [5.41, 5.74) is 4.34. The van der Waals surface area contributed by atoms with Crippen molar-refractivity contribution in [2.75, 3.05) is 13.2 Å². The van der Waals surface area contributed by atoms with Crippen LogP contribution < -0.4 is 10.5 Å². The number of carboxylic acids is 2. The maximum atomic E-state index is 12.5. The van der Waals surface area contributed by atoms with Gasteiger partial charge in [-0.15, -0.1) is 0 Å². The lowest BCUT2D eigenvalue weighted by molar-refractivity contribution is -0.132. The Morgan fingerprint density at radius 3 is 2.23 bits per heavy atom. The number of nitrogens with two attached hydrogens (primary N) is 1. The summed E-state index contributed by atoms with van der Waals surface area (Å²) in [4.78, 5) is 58.6. The topological polar surface area (TPSA) is 161 Å². The molecule has 2 aromatic rings. The van der Waals surface area contributed by atoms with Gasteiger partial charge in [-0.3, -0.25) is 14.4 Å². The minimum Gasteiger partial charge on any atom is -0.492 e. The van der Waals surface area contributed by atoms with Gasteiger partial charge in [0.2, 0.25) is 0 Å². The second-order valence-electron chi connectivity index (χ2n) is 5.90. The number of carbonyl (C=O) groups excluding carboxylic acids is 3. The molecule has 0 radical (unpaired) electrons. The number of aliphatic carboxylic acids is 2. The lowest BCUT2D eigenvalue weighted by Crippen LogP contribution is -2.22. The summed E-state index contributed by atoms with van der Waals surface area (Å²) in [6.45, 7) is 0.558. The van der Waals surface area contributed by atoms with Crippen LogP contribution in [0.25, 0.3) is 6.08 Å². The SMILES string of the molecule is NCCOc1cccc(C(=O)C=Cc2cccc(C(=O)C(=O)O)c2C(=O)C(=O)O)c1. The van der Waals surface area contributed by atoms with Crippen molar-refractivity contribution in [3.63, 3.8) is 0 Å². The number of hydrogen-bond acceptors (Lipinski definition) is 7. The van der Waals surface area contributed by atoms with E-state index in [1.54, 1.807) is 12.1 Å². The molecule has 2 aromatic carbocycles. The molecule has 9 heteroatoms. The van der Waals surface area contributed by atoms with E-state index in [0.29, 0.717) is 12.3 Å². The van der Waals surface area contributed by atoms with Crippen LogP contribution in [0.3, 0.4) is 0 Å². The van der Waals surface area contributed by atoms with E-state index in [-0.39, 0.29) is 17.7 Å². The molecule has 30 heavy (non-hydrogen) atoms. The van der Waals surface area contributed by atoms with Crippen molar-refractivity contribution in [3.05, 3.63) is 70.8 Å². The van der Waals surface area contributed by atoms with Gasteiger partial charge in [0, 0.05) is 23.2 Å². The zero-order valence-electron chi connectivity index (χ0n) is 15.5. The Labute approximate surface area is 170 Å². The normalized spacial score (nSPS) is 10.6. The average Bonchev–Trinajstić information content (AvgIpc) is 2.74. The van der Waals surface area contributed by atoms with Crippen LogP contribution in [0.1, 0.15) is 36.6 Å². The van der Waals surface area contributed by atoms with E-state index in [9.17, 15) is 24.0 Å². The van der Waals surface area contributed by atoms with Crippen LogP contribution in [-0.2, 0) is 9.59 Å². The van der Waals surface area contributed by atoms with E-state index < -0.39 is 40.4 Å². The van der Waals surface area contributed by atoms with E-state index in [1.165, 1.54) is 24.3 Å². The molecule has 0 spiro atoms. The molecule has 0 aromatic heterocycles. The summed E-state index contributed by atoms with van der Waals surface area (Å²) in [6, 6.07) is 9.84. The highest BCUT2D eigenvalue weighted by Gasteiger charge is 2.27. The van der Waals surface area contributed by atoms with Gasteiger partial charge >= 0.3 is 11.9 Å². The molecule has 0 aliphatic carbocycles. The second kappa shape index (κ2) is 9.89. The Morgan fingerprint density at radius 1 is 0.933 bits per heavy atom. The minimum atomic E-state index is -1.87. The van der Waals surface area contributed by atoms with Gasteiger partial charge in [0.15, 0.2) is 5.78 Å². The van der Waals surface area contributed by atoms with Crippen LogP contribution in [0.2, 0.25) is 0 Å². The van der Waals surface area contributed by atoms with Crippen LogP contribution >= 0.6 is 0 Å². The second-order valence-corrected chi connectivity index (χ2v) is 5.90. The number of rotatable bonds is 10. The molecular formula is C21H17NO8. The molecule has 0 saturated carbocycles. The summed E-state index contributed by atoms with van der Waals surface area (Å²) in [7, 11) is 0. The fourth-order valence-electron chi connectivity index (χ4n) is 2.55. The predicted octanol–water partition coefficient (Wildman–Crippen LogP) is 1.45. The summed E-state index contributed by atoms with van der Waals surface area (Å²) >= 11 is 0. The van der Waals surface area contributed by atoms with Crippen LogP contribution in [0.5, 0.6) is 5.75 Å². The van der Waals surface area contributed by atoms with E-state index >= 15 is 0 Å². The number of carbonyl (C=O) groups is 5. The molecule has 0 fully saturated rings. The molecule has 0 bridgehead atoms. The maximum absolute atomic E-state index is 12.5. The standard InChI is InChI=1S/C21H17NO8/c22-9-10-30-14-5-1-4-13(11-14)16(23)8-7-12-3-2-6-15(18(24)20(26)27)17(12)19(25)21(28)29/h1-8,11H,9-10,22H2,(H,26,27)(H,28,29). The highest BCUT2D eigenvalue weighted by Crippen LogP contribution is 2.20. The molecule has 0 aliphatic heterocycles. The molecule has 0 saturated heterocycles. The van der Waals surface area contributed by atoms with E-state index in [1.807, 2.05) is 0 Å². The van der Waals surface area contributed by atoms with Crippen LogP contribution in [0, 0.1) is 0 Å². The predicted molar refractivity (Wildman–Crippen MR) is 105 cm³/mol. The lowest BCUT2D eigenvalue weighted by atomic mass is 9.94. The fraction of sp³-hybridized carbons (Fsp3) is 0.0952. The fourth-order valence-corrected chi connectivity index (χ4v) is 2.55. The van der Waals surface area contributed by atoms with E-state index in [2.05, 4.69) is 0 Å². The molecule has 0 unspecified atom stereocenters. The molecule has 154 valence electrons. The van der Waals surface area contributed by atoms with Gasteiger partial charge in [0.1, 0.15) is 12.4 Å². The summed E-state index contributed by atoms with van der Waals surface area (Å²) < 4.78 is 5.35. The summed E-state index contributed by atoms with van der Waals surface area (Å²) in [6.07, 6.45) is 2.22. The van der Waals surface area contributed by atoms with Crippen LogP contribution in [0.15, 0.2) is 48.5 Å². The highest BCUT2D eigenvalue weighted by atomic mass is 16.5. The smallest absolute Gasteiger partial charge is 0.377 e. The van der Waals surface area contributed by atoms with Gasteiger partial charge in [-0.2, -0.15) is 0 Å². The average molecular weight is 411 g/mol. The van der Waals surface area contributed by atoms with Crippen molar-refractivity contribution in [3.8, 4) is 5.75 Å². The number of allylic oxidation sites excluding steroid dienone is 1. The number of Topliss-reactive ketones (excluding diaryl/α,β-unsaturated/α-hetero) is 2. The van der Waals surface area contributed by atoms with Crippen molar-refractivity contribution in [2.24, 2.45) is 5.73 Å². The number of benzene rings is 2.